The Kier molecular flexibility index (Phi) is 5.16. The Morgan fingerprint density at radius 2 is 1.77 bits per heavy atom. The van der Waals surface area contributed by atoms with E-state index < -0.39 is 21.7 Å². The number of hydrogen-bond donors (Lipinski definition) is 1. The molecule has 2 aliphatic heterocycles. The molecule has 1 amide bonds. The molecule has 2 atom stereocenters. The summed E-state index contributed by atoms with van der Waals surface area (Å²) in [6.45, 7) is 7.77. The summed E-state index contributed by atoms with van der Waals surface area (Å²) in [6.07, 6.45) is 0.774. The van der Waals surface area contributed by atoms with Gasteiger partial charge in [0.2, 0.25) is 10.0 Å². The van der Waals surface area contributed by atoms with E-state index >= 15 is 0 Å². The number of amides is 1. The number of nitrogens with one attached hydrogen (secondary N) is 1. The molecule has 0 aliphatic carbocycles. The molecule has 2 heterocycles. The Morgan fingerprint density at radius 1 is 1.10 bits per heavy atom. The molecule has 2 aromatic rings. The van der Waals surface area contributed by atoms with Crippen LogP contribution in [0.1, 0.15) is 43.0 Å². The van der Waals surface area contributed by atoms with E-state index in [0.29, 0.717) is 17.9 Å². The van der Waals surface area contributed by atoms with E-state index in [2.05, 4.69) is 5.32 Å². The first-order chi connectivity index (χ1) is 14.4. The normalized spacial score (nSPS) is 21.9. The van der Waals surface area contributed by atoms with Crippen molar-refractivity contribution in [2.45, 2.75) is 51.9 Å². The lowest BCUT2D eigenvalue weighted by Gasteiger charge is -2.39. The van der Waals surface area contributed by atoms with Crippen molar-refractivity contribution in [2.24, 2.45) is 0 Å². The van der Waals surface area contributed by atoms with Crippen LogP contribution in [0.25, 0.3) is 0 Å². The number of anilines is 1. The maximum absolute atomic E-state index is 13.2. The average Bonchev–Trinajstić information content (AvgIpc) is 2.65. The zero-order valence-electron chi connectivity index (χ0n) is 18.4. The van der Waals surface area contributed by atoms with Crippen LogP contribution in [0.2, 0.25) is 0 Å². The van der Waals surface area contributed by atoms with Gasteiger partial charge in [-0.15, -0.1) is 0 Å². The fourth-order valence-corrected chi connectivity index (χ4v) is 5.07. The molecular formula is C23H28N2O5S. The molecule has 2 aliphatic rings. The summed E-state index contributed by atoms with van der Waals surface area (Å²) in [4.78, 5) is 13.2. The second-order valence-corrected chi connectivity index (χ2v) is 10.9. The SMILES string of the molecule is Cc1ccc2c(c1)OC(C)(C)C[C@H]2NC(=O)[C@H]1CN(S(C)(=O)=O)c2cc(C)ccc2O1. The van der Waals surface area contributed by atoms with Crippen molar-refractivity contribution in [1.82, 2.24) is 5.32 Å². The van der Waals surface area contributed by atoms with Gasteiger partial charge in [-0.2, -0.15) is 0 Å². The van der Waals surface area contributed by atoms with Crippen molar-refractivity contribution in [3.8, 4) is 11.5 Å². The van der Waals surface area contributed by atoms with Gasteiger partial charge in [-0.1, -0.05) is 18.2 Å². The van der Waals surface area contributed by atoms with Gasteiger partial charge < -0.3 is 14.8 Å². The highest BCUT2D eigenvalue weighted by Gasteiger charge is 2.39. The molecule has 4 rings (SSSR count). The first-order valence-corrected chi connectivity index (χ1v) is 12.1. The van der Waals surface area contributed by atoms with Crippen LogP contribution < -0.4 is 19.1 Å². The Bertz CT molecular complexity index is 1140. The molecule has 0 unspecified atom stereocenters. The smallest absolute Gasteiger partial charge is 0.263 e. The predicted octanol–water partition coefficient (Wildman–Crippen LogP) is 3.25. The largest absolute Gasteiger partial charge is 0.487 e. The van der Waals surface area contributed by atoms with Gasteiger partial charge in [0.1, 0.15) is 17.1 Å². The number of rotatable bonds is 3. The molecule has 0 aromatic heterocycles. The maximum atomic E-state index is 13.2. The van der Waals surface area contributed by atoms with E-state index in [1.54, 1.807) is 12.1 Å². The topological polar surface area (TPSA) is 84.9 Å². The molecule has 0 saturated heterocycles. The molecular weight excluding hydrogens is 416 g/mol. The number of hydrogen-bond acceptors (Lipinski definition) is 5. The predicted molar refractivity (Wildman–Crippen MR) is 119 cm³/mol. The van der Waals surface area contributed by atoms with Gasteiger partial charge >= 0.3 is 0 Å². The highest BCUT2D eigenvalue weighted by atomic mass is 32.2. The van der Waals surface area contributed by atoms with E-state index in [9.17, 15) is 13.2 Å². The highest BCUT2D eigenvalue weighted by Crippen LogP contribution is 2.40. The van der Waals surface area contributed by atoms with Crippen molar-refractivity contribution in [2.75, 3.05) is 17.1 Å². The van der Waals surface area contributed by atoms with Crippen LogP contribution in [0, 0.1) is 13.8 Å². The molecule has 0 spiro atoms. The standard InChI is InChI=1S/C23H28N2O5S/c1-14-7-9-19-18(10-14)25(31(5,27)28)13-21(29-19)22(26)24-17-12-23(3,4)30-20-11-15(2)6-8-16(17)20/h6-11,17,21H,12-13H2,1-5H3,(H,24,26)/t17-,21-/m1/s1. The zero-order chi connectivity index (χ0) is 22.6. The van der Waals surface area contributed by atoms with Crippen LogP contribution in [0.3, 0.4) is 0 Å². The van der Waals surface area contributed by atoms with E-state index in [-0.39, 0.29) is 18.5 Å². The minimum Gasteiger partial charge on any atom is -0.487 e. The van der Waals surface area contributed by atoms with Crippen LogP contribution in [-0.2, 0) is 14.8 Å². The maximum Gasteiger partial charge on any atom is 0.263 e. The number of aryl methyl sites for hydroxylation is 2. The lowest BCUT2D eigenvalue weighted by atomic mass is 9.89. The van der Waals surface area contributed by atoms with Crippen molar-refractivity contribution in [1.29, 1.82) is 0 Å². The Hall–Kier alpha value is -2.74. The molecule has 7 nitrogen and oxygen atoms in total. The first kappa shape index (κ1) is 21.5. The van der Waals surface area contributed by atoms with E-state index in [1.807, 2.05) is 52.0 Å². The molecule has 8 heteroatoms. The fourth-order valence-electron chi connectivity index (χ4n) is 4.16. The molecule has 0 saturated carbocycles. The summed E-state index contributed by atoms with van der Waals surface area (Å²) in [7, 11) is -3.57. The molecule has 166 valence electrons. The molecule has 0 radical (unpaired) electrons. The quantitative estimate of drug-likeness (QED) is 0.786. The minimum absolute atomic E-state index is 0.0749. The number of carbonyl (C=O) groups excluding carboxylic acids is 1. The number of sulfonamides is 1. The second-order valence-electron chi connectivity index (χ2n) is 9.04. The van der Waals surface area contributed by atoms with E-state index in [4.69, 9.17) is 9.47 Å². The van der Waals surface area contributed by atoms with Gasteiger partial charge in [0.25, 0.3) is 5.91 Å². The Labute approximate surface area is 183 Å². The number of fused-ring (bicyclic) bond motifs is 2. The molecule has 0 bridgehead atoms. The third-order valence-electron chi connectivity index (χ3n) is 5.62. The summed E-state index contributed by atoms with van der Waals surface area (Å²) in [6, 6.07) is 11.0. The van der Waals surface area contributed by atoms with Crippen molar-refractivity contribution >= 4 is 21.6 Å². The summed E-state index contributed by atoms with van der Waals surface area (Å²) in [5.74, 6) is 0.782. The number of carbonyl (C=O) groups is 1. The van der Waals surface area contributed by atoms with E-state index in [0.717, 1.165) is 28.7 Å². The number of ether oxygens (including phenoxy) is 2. The first-order valence-electron chi connectivity index (χ1n) is 10.3. The number of nitrogens with zero attached hydrogens (tertiary/aromatic N) is 1. The third kappa shape index (κ3) is 4.35. The Balaban J connectivity index is 1.61. The van der Waals surface area contributed by atoms with Gasteiger partial charge in [0, 0.05) is 12.0 Å². The lowest BCUT2D eigenvalue weighted by Crippen LogP contribution is -2.52. The summed E-state index contributed by atoms with van der Waals surface area (Å²) in [5.41, 5.74) is 2.91. The lowest BCUT2D eigenvalue weighted by molar-refractivity contribution is -0.129. The molecule has 1 N–H and O–H groups in total. The number of benzene rings is 2. The highest BCUT2D eigenvalue weighted by molar-refractivity contribution is 7.92. The van der Waals surface area contributed by atoms with Crippen LogP contribution in [0.4, 0.5) is 5.69 Å². The minimum atomic E-state index is -3.57. The summed E-state index contributed by atoms with van der Waals surface area (Å²) >= 11 is 0. The van der Waals surface area contributed by atoms with Crippen molar-refractivity contribution in [3.63, 3.8) is 0 Å². The van der Waals surface area contributed by atoms with Gasteiger partial charge in [-0.3, -0.25) is 9.10 Å². The van der Waals surface area contributed by atoms with Gasteiger partial charge in [0.15, 0.2) is 6.10 Å². The summed E-state index contributed by atoms with van der Waals surface area (Å²) < 4.78 is 38.1. The van der Waals surface area contributed by atoms with Crippen LogP contribution in [0.5, 0.6) is 11.5 Å². The molecule has 31 heavy (non-hydrogen) atoms. The molecule has 2 aromatic carbocycles. The monoisotopic (exact) mass is 444 g/mol. The van der Waals surface area contributed by atoms with Gasteiger partial charge in [-0.25, -0.2) is 8.42 Å². The zero-order valence-corrected chi connectivity index (χ0v) is 19.2. The van der Waals surface area contributed by atoms with Crippen molar-refractivity contribution in [3.05, 3.63) is 53.1 Å². The fraction of sp³-hybridized carbons (Fsp3) is 0.435. The Morgan fingerprint density at radius 3 is 2.48 bits per heavy atom. The van der Waals surface area contributed by atoms with Crippen LogP contribution in [0.15, 0.2) is 36.4 Å². The average molecular weight is 445 g/mol. The van der Waals surface area contributed by atoms with Crippen LogP contribution >= 0.6 is 0 Å². The van der Waals surface area contributed by atoms with E-state index in [1.165, 1.54) is 4.31 Å². The molecule has 0 fully saturated rings. The van der Waals surface area contributed by atoms with Crippen LogP contribution in [-0.4, -0.2) is 38.8 Å². The second kappa shape index (κ2) is 7.44. The van der Waals surface area contributed by atoms with Gasteiger partial charge in [0.05, 0.1) is 24.5 Å². The van der Waals surface area contributed by atoms with Crippen molar-refractivity contribution < 1.29 is 22.7 Å². The van der Waals surface area contributed by atoms with Gasteiger partial charge in [-0.05, 0) is 57.0 Å². The third-order valence-corrected chi connectivity index (χ3v) is 6.77. The summed E-state index contributed by atoms with van der Waals surface area (Å²) in [5, 5.41) is 3.07.